The van der Waals surface area contributed by atoms with Crippen molar-refractivity contribution in [2.75, 3.05) is 13.7 Å². The van der Waals surface area contributed by atoms with E-state index in [1.807, 2.05) is 0 Å². The quantitative estimate of drug-likeness (QED) is 0.706. The summed E-state index contributed by atoms with van der Waals surface area (Å²) in [5.41, 5.74) is 0.229. The number of nitrogens with zero attached hydrogens (tertiary/aromatic N) is 1. The molecule has 3 rings (SSSR count). The topological polar surface area (TPSA) is 91.4 Å². The molecule has 0 amide bonds. The van der Waals surface area contributed by atoms with Gasteiger partial charge in [0, 0.05) is 25.7 Å². The van der Waals surface area contributed by atoms with Crippen LogP contribution < -0.4 is 16.2 Å². The molecule has 0 aliphatic carbocycles. The van der Waals surface area contributed by atoms with Crippen LogP contribution in [-0.2, 0) is 11.3 Å². The lowest BCUT2D eigenvalue weighted by atomic mass is 10.1. The number of fused-ring (bicyclic) bond motifs is 1. The summed E-state index contributed by atoms with van der Waals surface area (Å²) in [5.74, 6) is 0.576. The fourth-order valence-electron chi connectivity index (χ4n) is 2.48. The van der Waals surface area contributed by atoms with E-state index in [-0.39, 0.29) is 0 Å². The van der Waals surface area contributed by atoms with Gasteiger partial charge in [-0.3, -0.25) is 9.78 Å². The van der Waals surface area contributed by atoms with Crippen LogP contribution in [0.2, 0.25) is 0 Å². The van der Waals surface area contributed by atoms with Gasteiger partial charge in [-0.2, -0.15) is 4.57 Å². The Morgan fingerprint density at radius 1 is 1.36 bits per heavy atom. The van der Waals surface area contributed by atoms with Crippen molar-refractivity contribution in [3.05, 3.63) is 51.5 Å². The molecule has 0 fully saturated rings. The van der Waals surface area contributed by atoms with Gasteiger partial charge in [-0.25, -0.2) is 9.78 Å². The number of aromatic nitrogens is 3. The van der Waals surface area contributed by atoms with E-state index < -0.39 is 11.2 Å². The smallest absolute Gasteiger partial charge is 0.415 e. The monoisotopic (exact) mass is 302 g/mol. The fourth-order valence-corrected chi connectivity index (χ4v) is 2.48. The van der Waals surface area contributed by atoms with Crippen molar-refractivity contribution in [3.8, 4) is 11.3 Å². The maximum absolute atomic E-state index is 12.2. The van der Waals surface area contributed by atoms with Crippen molar-refractivity contribution in [2.24, 2.45) is 0 Å². The molecule has 0 aliphatic heterocycles. The van der Waals surface area contributed by atoms with Gasteiger partial charge in [0.1, 0.15) is 11.1 Å². The molecule has 2 N–H and O–H groups in total. The average molecular weight is 302 g/mol. The molecular weight excluding hydrogens is 286 g/mol. The van der Waals surface area contributed by atoms with Crippen molar-refractivity contribution < 1.29 is 14.1 Å². The van der Waals surface area contributed by atoms with Crippen LogP contribution in [0.25, 0.3) is 22.4 Å². The third-order valence-corrected chi connectivity index (χ3v) is 3.46. The molecule has 22 heavy (non-hydrogen) atoms. The molecule has 0 aromatic carbocycles. The molecule has 0 atom stereocenters. The molecule has 0 radical (unpaired) electrons. The molecule has 7 heteroatoms. The van der Waals surface area contributed by atoms with Crippen LogP contribution in [0.15, 0.2) is 44.7 Å². The van der Waals surface area contributed by atoms with Crippen LogP contribution in [0, 0.1) is 0 Å². The zero-order valence-electron chi connectivity index (χ0n) is 12.1. The van der Waals surface area contributed by atoms with Gasteiger partial charge in [-0.05, 0) is 18.2 Å². The third-order valence-electron chi connectivity index (χ3n) is 3.46. The summed E-state index contributed by atoms with van der Waals surface area (Å²) in [7, 11) is 1.61. The molecule has 3 aromatic rings. The highest BCUT2D eigenvalue weighted by Crippen LogP contribution is 2.23. The number of rotatable bonds is 5. The van der Waals surface area contributed by atoms with Crippen LogP contribution in [0.3, 0.4) is 0 Å². The summed E-state index contributed by atoms with van der Waals surface area (Å²) in [6, 6.07) is 5.27. The highest BCUT2D eigenvalue weighted by atomic mass is 16.5. The summed E-state index contributed by atoms with van der Waals surface area (Å²) in [5, 5.41) is 0.398. The van der Waals surface area contributed by atoms with Gasteiger partial charge in [0.25, 0.3) is 11.2 Å². The van der Waals surface area contributed by atoms with Crippen LogP contribution in [-0.4, -0.2) is 23.3 Å². The molecule has 3 aromatic heterocycles. The summed E-state index contributed by atoms with van der Waals surface area (Å²) in [4.78, 5) is 29.7. The van der Waals surface area contributed by atoms with E-state index in [1.54, 1.807) is 37.8 Å². The normalized spacial score (nSPS) is 11.1. The molecule has 114 valence electrons. The van der Waals surface area contributed by atoms with E-state index in [9.17, 15) is 9.59 Å². The maximum Gasteiger partial charge on any atom is 0.415 e. The molecule has 7 nitrogen and oxygen atoms in total. The molecule has 0 bridgehead atoms. The zero-order valence-corrected chi connectivity index (χ0v) is 12.1. The Kier molecular flexibility index (Phi) is 3.88. The van der Waals surface area contributed by atoms with Crippen LogP contribution in [0.1, 0.15) is 6.42 Å². The number of H-pyrrole nitrogens is 2. The van der Waals surface area contributed by atoms with Crippen molar-refractivity contribution in [3.63, 3.8) is 0 Å². The van der Waals surface area contributed by atoms with E-state index in [1.165, 1.54) is 4.57 Å². The van der Waals surface area contributed by atoms with Crippen LogP contribution >= 0.6 is 0 Å². The van der Waals surface area contributed by atoms with E-state index in [4.69, 9.17) is 9.15 Å². The first kappa shape index (κ1) is 14.3. The Bertz CT molecular complexity index is 893. The Morgan fingerprint density at radius 3 is 2.95 bits per heavy atom. The first-order valence-electron chi connectivity index (χ1n) is 6.92. The summed E-state index contributed by atoms with van der Waals surface area (Å²) in [6.07, 6.45) is 3.89. The second kappa shape index (κ2) is 5.98. The second-order valence-corrected chi connectivity index (χ2v) is 4.85. The van der Waals surface area contributed by atoms with Crippen molar-refractivity contribution >= 4 is 11.0 Å². The lowest BCUT2D eigenvalue weighted by molar-refractivity contribution is -0.349. The van der Waals surface area contributed by atoms with E-state index >= 15 is 0 Å². The molecule has 0 spiro atoms. The molecule has 0 saturated heterocycles. The first-order chi connectivity index (χ1) is 10.7. The summed E-state index contributed by atoms with van der Waals surface area (Å²) < 4.78 is 11.9. The van der Waals surface area contributed by atoms with Crippen LogP contribution in [0.5, 0.6) is 0 Å². The zero-order chi connectivity index (χ0) is 15.5. The molecule has 0 aliphatic rings. The highest BCUT2D eigenvalue weighted by Gasteiger charge is 2.19. The Labute approximate surface area is 125 Å². The number of aryl methyl sites for hydroxylation is 1. The Balaban J connectivity index is 2.24. The van der Waals surface area contributed by atoms with Gasteiger partial charge in [-0.1, -0.05) is 0 Å². The van der Waals surface area contributed by atoms with Crippen molar-refractivity contribution in [1.82, 2.24) is 9.55 Å². The van der Waals surface area contributed by atoms with E-state index in [0.29, 0.717) is 41.9 Å². The van der Waals surface area contributed by atoms with Gasteiger partial charge in [0.15, 0.2) is 0 Å². The number of furan rings is 1. The molecule has 3 heterocycles. The predicted octanol–water partition coefficient (Wildman–Crippen LogP) is 0.800. The fraction of sp³-hybridized carbons (Fsp3) is 0.267. The first-order valence-corrected chi connectivity index (χ1v) is 6.92. The number of ether oxygens (including phenoxy) is 1. The van der Waals surface area contributed by atoms with Gasteiger partial charge in [0.05, 0.1) is 19.0 Å². The minimum Gasteiger partial charge on any atom is -0.464 e. The third kappa shape index (κ3) is 2.46. The lowest BCUT2D eigenvalue weighted by Gasteiger charge is -2.04. The van der Waals surface area contributed by atoms with Gasteiger partial charge < -0.3 is 9.15 Å². The Hall–Kier alpha value is -2.67. The summed E-state index contributed by atoms with van der Waals surface area (Å²) in [6.45, 7) is 0.975. The number of methoxy groups -OCH3 is 1. The average Bonchev–Trinajstić information content (AvgIpc) is 3.04. The van der Waals surface area contributed by atoms with Crippen LogP contribution in [0.4, 0.5) is 0 Å². The maximum atomic E-state index is 12.2. The molecule has 0 unspecified atom stereocenters. The predicted molar refractivity (Wildman–Crippen MR) is 79.6 cm³/mol. The number of hydrogen-bond donors (Lipinski definition) is 1. The minimum absolute atomic E-state index is 0.398. The van der Waals surface area contributed by atoms with Gasteiger partial charge in [0.2, 0.25) is 0 Å². The lowest BCUT2D eigenvalue weighted by Crippen LogP contribution is -2.34. The van der Waals surface area contributed by atoms with Crippen molar-refractivity contribution in [1.29, 1.82) is 0 Å². The largest absolute Gasteiger partial charge is 0.464 e. The minimum atomic E-state index is -0.443. The van der Waals surface area contributed by atoms with E-state index in [0.717, 1.165) is 0 Å². The molecular formula is C15H16N3O4+. The van der Waals surface area contributed by atoms with Crippen molar-refractivity contribution in [2.45, 2.75) is 13.0 Å². The Morgan fingerprint density at radius 2 is 2.23 bits per heavy atom. The second-order valence-electron chi connectivity index (χ2n) is 4.85. The number of hydrogen-bond acceptors (Lipinski definition) is 4. The van der Waals surface area contributed by atoms with Gasteiger partial charge in [-0.15, -0.1) is 0 Å². The van der Waals surface area contributed by atoms with Gasteiger partial charge >= 0.3 is 5.69 Å². The number of nitrogens with one attached hydrogen (secondary N) is 2. The molecule has 0 saturated carbocycles. The summed E-state index contributed by atoms with van der Waals surface area (Å²) >= 11 is 0. The SMILES string of the molecule is COCCCn1c(=O)[nH]c(=O)c2c(-c3ccco3)cc[nH+]c21. The number of aromatic amines is 2. The van der Waals surface area contributed by atoms with E-state index in [2.05, 4.69) is 9.97 Å². The standard InChI is InChI=1S/C15H15N3O4/c1-21-8-3-7-18-13-12(14(19)17-15(18)20)10(5-6-16-13)11-4-2-9-22-11/h2,4-6,9H,3,7-8H2,1H3,(H,17,19,20)/p+1. The number of pyridine rings is 1. The highest BCUT2D eigenvalue weighted by molar-refractivity contribution is 5.88.